The van der Waals surface area contributed by atoms with Crippen molar-refractivity contribution in [1.82, 2.24) is 15.2 Å². The molecule has 0 aliphatic carbocycles. The molecule has 5 nitrogen and oxygen atoms in total. The highest BCUT2D eigenvalue weighted by molar-refractivity contribution is 7.98. The van der Waals surface area contributed by atoms with Crippen LogP contribution in [0.4, 0.5) is 5.69 Å². The van der Waals surface area contributed by atoms with Gasteiger partial charge in [0, 0.05) is 23.1 Å². The molecule has 16 heavy (non-hydrogen) atoms. The Kier molecular flexibility index (Phi) is 3.31. The summed E-state index contributed by atoms with van der Waals surface area (Å²) in [5, 5.41) is 7.37. The van der Waals surface area contributed by atoms with Crippen LogP contribution in [-0.2, 0) is 5.75 Å². The Bertz CT molecular complexity index is 458. The number of nitrogens with two attached hydrogens (primary N) is 1. The summed E-state index contributed by atoms with van der Waals surface area (Å²) in [6.07, 6.45) is 1.49. The molecule has 0 aliphatic rings. The maximum atomic E-state index is 5.68. The number of benzene rings is 1. The van der Waals surface area contributed by atoms with Crippen LogP contribution in [0.25, 0.3) is 0 Å². The first-order valence-electron chi connectivity index (χ1n) is 4.70. The molecule has 84 valence electrons. The zero-order chi connectivity index (χ0) is 11.4. The predicted molar refractivity (Wildman–Crippen MR) is 63.4 cm³/mol. The number of aromatic nitrogens is 3. The number of thioether (sulfide) groups is 1. The molecule has 2 aromatic rings. The lowest BCUT2D eigenvalue weighted by Crippen LogP contribution is -1.93. The summed E-state index contributed by atoms with van der Waals surface area (Å²) in [4.78, 5) is 4.04. The van der Waals surface area contributed by atoms with E-state index in [1.165, 1.54) is 6.33 Å². The van der Waals surface area contributed by atoms with Gasteiger partial charge in [0.25, 0.3) is 0 Å². The Morgan fingerprint density at radius 3 is 3.06 bits per heavy atom. The van der Waals surface area contributed by atoms with E-state index >= 15 is 0 Å². The molecule has 0 saturated carbocycles. The van der Waals surface area contributed by atoms with Gasteiger partial charge in [0.15, 0.2) is 5.16 Å². The van der Waals surface area contributed by atoms with Crippen molar-refractivity contribution in [3.63, 3.8) is 0 Å². The van der Waals surface area contributed by atoms with Crippen molar-refractivity contribution in [1.29, 1.82) is 0 Å². The van der Waals surface area contributed by atoms with Crippen LogP contribution in [0.2, 0.25) is 0 Å². The number of nitrogen functional groups attached to an aromatic ring is 1. The Hall–Kier alpha value is -1.69. The van der Waals surface area contributed by atoms with Gasteiger partial charge >= 0.3 is 0 Å². The highest BCUT2D eigenvalue weighted by Gasteiger charge is 2.05. The zero-order valence-corrected chi connectivity index (χ0v) is 9.62. The SMILES string of the molecule is COc1cc(N)ccc1CSc1ncn[nH]1. The minimum Gasteiger partial charge on any atom is -0.496 e. The molecule has 0 aliphatic heterocycles. The van der Waals surface area contributed by atoms with Crippen LogP contribution in [0.15, 0.2) is 29.7 Å². The van der Waals surface area contributed by atoms with Gasteiger partial charge < -0.3 is 10.5 Å². The standard InChI is InChI=1S/C10H12N4OS/c1-15-9-4-8(11)3-2-7(9)5-16-10-12-6-13-14-10/h2-4,6H,5,11H2,1H3,(H,12,13,14). The number of rotatable bonds is 4. The van der Waals surface area contributed by atoms with Gasteiger partial charge in [0.05, 0.1) is 7.11 Å². The second-order valence-electron chi connectivity index (χ2n) is 3.15. The van der Waals surface area contributed by atoms with Gasteiger partial charge in [-0.3, -0.25) is 5.10 Å². The summed E-state index contributed by atoms with van der Waals surface area (Å²) in [6, 6.07) is 5.63. The first-order chi connectivity index (χ1) is 7.79. The molecule has 0 saturated heterocycles. The number of nitrogens with one attached hydrogen (secondary N) is 1. The molecular weight excluding hydrogens is 224 g/mol. The normalized spacial score (nSPS) is 10.3. The summed E-state index contributed by atoms with van der Waals surface area (Å²) in [5.74, 6) is 1.56. The van der Waals surface area contributed by atoms with Gasteiger partial charge in [-0.2, -0.15) is 5.10 Å². The maximum Gasteiger partial charge on any atom is 0.183 e. The number of anilines is 1. The van der Waals surface area contributed by atoms with Crippen molar-refractivity contribution < 1.29 is 4.74 Å². The van der Waals surface area contributed by atoms with Crippen molar-refractivity contribution in [3.05, 3.63) is 30.1 Å². The lowest BCUT2D eigenvalue weighted by Gasteiger charge is -2.07. The van der Waals surface area contributed by atoms with E-state index in [9.17, 15) is 0 Å². The summed E-state index contributed by atoms with van der Waals surface area (Å²) in [6.45, 7) is 0. The fraction of sp³-hybridized carbons (Fsp3) is 0.200. The van der Waals surface area contributed by atoms with E-state index in [2.05, 4.69) is 15.2 Å². The molecule has 1 heterocycles. The third-order valence-electron chi connectivity index (χ3n) is 2.07. The van der Waals surface area contributed by atoms with Crippen LogP contribution < -0.4 is 10.5 Å². The number of ether oxygens (including phenoxy) is 1. The van der Waals surface area contributed by atoms with Crippen LogP contribution in [-0.4, -0.2) is 22.3 Å². The van der Waals surface area contributed by atoms with E-state index in [0.717, 1.165) is 22.2 Å². The molecule has 0 atom stereocenters. The molecule has 1 aromatic heterocycles. The van der Waals surface area contributed by atoms with Crippen LogP contribution in [0.3, 0.4) is 0 Å². The van der Waals surface area contributed by atoms with Crippen LogP contribution in [0.5, 0.6) is 5.75 Å². The average molecular weight is 236 g/mol. The summed E-state index contributed by atoms with van der Waals surface area (Å²) >= 11 is 1.57. The predicted octanol–water partition coefficient (Wildman–Crippen LogP) is 1.69. The first-order valence-corrected chi connectivity index (χ1v) is 5.68. The third kappa shape index (κ3) is 2.46. The van der Waals surface area contributed by atoms with E-state index < -0.39 is 0 Å². The molecule has 0 fully saturated rings. The molecule has 0 spiro atoms. The number of hydrogen-bond acceptors (Lipinski definition) is 5. The Labute approximate surface area is 97.4 Å². The molecule has 0 radical (unpaired) electrons. The number of H-pyrrole nitrogens is 1. The monoisotopic (exact) mass is 236 g/mol. The van der Waals surface area contributed by atoms with E-state index in [1.54, 1.807) is 18.9 Å². The minimum absolute atomic E-state index is 0.699. The Morgan fingerprint density at radius 2 is 2.38 bits per heavy atom. The third-order valence-corrected chi connectivity index (χ3v) is 2.99. The Balaban J connectivity index is 2.09. The van der Waals surface area contributed by atoms with Crippen molar-refractivity contribution >= 4 is 17.4 Å². The molecule has 0 unspecified atom stereocenters. The van der Waals surface area contributed by atoms with Crippen LogP contribution in [0, 0.1) is 0 Å². The summed E-state index contributed by atoms with van der Waals surface area (Å²) in [5.41, 5.74) is 7.46. The van der Waals surface area contributed by atoms with Gasteiger partial charge in [-0.25, -0.2) is 4.98 Å². The van der Waals surface area contributed by atoms with Gasteiger partial charge in [-0.1, -0.05) is 17.8 Å². The molecular formula is C10H12N4OS. The van der Waals surface area contributed by atoms with Crippen molar-refractivity contribution in [2.24, 2.45) is 0 Å². The average Bonchev–Trinajstić information content (AvgIpc) is 2.80. The van der Waals surface area contributed by atoms with E-state index in [1.807, 2.05) is 18.2 Å². The van der Waals surface area contributed by atoms with Gasteiger partial charge in [-0.05, 0) is 6.07 Å². The fourth-order valence-corrected chi connectivity index (χ4v) is 2.06. The second-order valence-corrected chi connectivity index (χ2v) is 4.11. The molecule has 0 amide bonds. The lowest BCUT2D eigenvalue weighted by molar-refractivity contribution is 0.411. The fourth-order valence-electron chi connectivity index (χ4n) is 1.29. The maximum absolute atomic E-state index is 5.68. The number of hydrogen-bond donors (Lipinski definition) is 2. The smallest absolute Gasteiger partial charge is 0.183 e. The largest absolute Gasteiger partial charge is 0.496 e. The van der Waals surface area contributed by atoms with E-state index in [-0.39, 0.29) is 0 Å². The first kappa shape index (κ1) is 10.8. The quantitative estimate of drug-likeness (QED) is 0.624. The second kappa shape index (κ2) is 4.89. The minimum atomic E-state index is 0.699. The molecule has 1 aromatic carbocycles. The molecule has 2 rings (SSSR count). The zero-order valence-electron chi connectivity index (χ0n) is 8.80. The van der Waals surface area contributed by atoms with Crippen LogP contribution >= 0.6 is 11.8 Å². The molecule has 0 bridgehead atoms. The van der Waals surface area contributed by atoms with Crippen LogP contribution in [0.1, 0.15) is 5.56 Å². The highest BCUT2D eigenvalue weighted by Crippen LogP contribution is 2.27. The van der Waals surface area contributed by atoms with E-state index in [0.29, 0.717) is 5.69 Å². The lowest BCUT2D eigenvalue weighted by atomic mass is 10.2. The van der Waals surface area contributed by atoms with Gasteiger partial charge in [-0.15, -0.1) is 0 Å². The number of nitrogens with zero attached hydrogens (tertiary/aromatic N) is 2. The van der Waals surface area contributed by atoms with E-state index in [4.69, 9.17) is 10.5 Å². The number of aromatic amines is 1. The molecule has 6 heteroatoms. The van der Waals surface area contributed by atoms with Gasteiger partial charge in [0.2, 0.25) is 0 Å². The number of methoxy groups -OCH3 is 1. The summed E-state index contributed by atoms with van der Waals surface area (Å²) < 4.78 is 5.26. The summed E-state index contributed by atoms with van der Waals surface area (Å²) in [7, 11) is 1.64. The Morgan fingerprint density at radius 1 is 1.50 bits per heavy atom. The topological polar surface area (TPSA) is 76.8 Å². The molecule has 3 N–H and O–H groups in total. The van der Waals surface area contributed by atoms with Crippen molar-refractivity contribution in [3.8, 4) is 5.75 Å². The van der Waals surface area contributed by atoms with Crippen molar-refractivity contribution in [2.45, 2.75) is 10.9 Å². The van der Waals surface area contributed by atoms with Crippen molar-refractivity contribution in [2.75, 3.05) is 12.8 Å². The van der Waals surface area contributed by atoms with Gasteiger partial charge in [0.1, 0.15) is 12.1 Å². The highest BCUT2D eigenvalue weighted by atomic mass is 32.2.